The van der Waals surface area contributed by atoms with Gasteiger partial charge in [-0.3, -0.25) is 19.1 Å². The number of nitro benzene ring substituents is 1. The molecule has 2 aromatic rings. The van der Waals surface area contributed by atoms with Gasteiger partial charge in [-0.2, -0.15) is 0 Å². The third-order valence-electron chi connectivity index (χ3n) is 2.91. The summed E-state index contributed by atoms with van der Waals surface area (Å²) in [5, 5.41) is 10.6. The predicted octanol–water partition coefficient (Wildman–Crippen LogP) is 3.26. The quantitative estimate of drug-likeness (QED) is 0.481. The summed E-state index contributed by atoms with van der Waals surface area (Å²) in [6, 6.07) is 7.23. The van der Waals surface area contributed by atoms with Crippen LogP contribution in [0.4, 0.5) is 5.69 Å². The number of hydrogen-bond donors (Lipinski definition) is 0. The van der Waals surface area contributed by atoms with E-state index in [4.69, 9.17) is 0 Å². The van der Waals surface area contributed by atoms with Gasteiger partial charge in [0.1, 0.15) is 0 Å². The number of carbonyl (C=O) groups is 1. The normalized spacial score (nSPS) is 12.1. The maximum absolute atomic E-state index is 12.2. The molecule has 0 aliphatic carbocycles. The molecule has 0 aliphatic heterocycles. The van der Waals surface area contributed by atoms with Gasteiger partial charge in [-0.15, -0.1) is 11.3 Å². The van der Waals surface area contributed by atoms with Gasteiger partial charge in [0.25, 0.3) is 5.69 Å². The number of ketones is 1. The maximum atomic E-state index is 12.2. The molecule has 1 heterocycles. The van der Waals surface area contributed by atoms with Crippen LogP contribution in [-0.2, 0) is 10.8 Å². The molecule has 0 saturated heterocycles. The Morgan fingerprint density at radius 3 is 2.38 bits per heavy atom. The summed E-state index contributed by atoms with van der Waals surface area (Å²) >= 11 is 1.53. The molecule has 0 spiro atoms. The Balaban J connectivity index is 2.12. The first-order chi connectivity index (χ1) is 9.88. The minimum atomic E-state index is -1.50. The summed E-state index contributed by atoms with van der Waals surface area (Å²) in [7, 11) is -1.50. The van der Waals surface area contributed by atoms with Crippen molar-refractivity contribution in [3.05, 3.63) is 55.8 Å². The molecule has 1 aromatic carbocycles. The topological polar surface area (TPSA) is 77.3 Å². The molecule has 1 atom stereocenters. The van der Waals surface area contributed by atoms with Crippen LogP contribution in [0, 0.1) is 24.0 Å². The van der Waals surface area contributed by atoms with Crippen LogP contribution in [0.1, 0.15) is 20.1 Å². The third kappa shape index (κ3) is 3.62. The van der Waals surface area contributed by atoms with Crippen molar-refractivity contribution >= 4 is 33.6 Å². The first-order valence-corrected chi connectivity index (χ1v) is 8.25. The van der Waals surface area contributed by atoms with Crippen LogP contribution in [0.25, 0.3) is 0 Å². The van der Waals surface area contributed by atoms with Crippen LogP contribution in [0.5, 0.6) is 0 Å². The van der Waals surface area contributed by atoms with Gasteiger partial charge in [-0.1, -0.05) is 0 Å². The average Bonchev–Trinajstić information content (AvgIpc) is 2.77. The average molecular weight is 323 g/mol. The molecular formula is C14H13NO4S2. The van der Waals surface area contributed by atoms with E-state index in [1.54, 1.807) is 6.07 Å². The first kappa shape index (κ1) is 15.5. The SMILES string of the molecule is Cc1cc(C(=O)CS(=O)c2ccc([N+](=O)[O-])cc2)c(C)s1. The Hall–Kier alpha value is -1.86. The van der Waals surface area contributed by atoms with Crippen LogP contribution in [0.2, 0.25) is 0 Å². The van der Waals surface area contributed by atoms with E-state index in [2.05, 4.69) is 0 Å². The Kier molecular flexibility index (Phi) is 4.64. The number of rotatable bonds is 5. The summed E-state index contributed by atoms with van der Waals surface area (Å²) in [5.41, 5.74) is 0.541. The van der Waals surface area contributed by atoms with Crippen LogP contribution in [-0.4, -0.2) is 20.7 Å². The highest BCUT2D eigenvalue weighted by Crippen LogP contribution is 2.22. The monoisotopic (exact) mass is 323 g/mol. The Morgan fingerprint density at radius 2 is 1.90 bits per heavy atom. The van der Waals surface area contributed by atoms with Crippen molar-refractivity contribution in [1.82, 2.24) is 0 Å². The molecule has 0 fully saturated rings. The molecule has 1 unspecified atom stereocenters. The minimum absolute atomic E-state index is 0.0635. The molecule has 5 nitrogen and oxygen atoms in total. The summed E-state index contributed by atoms with van der Waals surface area (Å²) in [4.78, 5) is 24.6. The molecule has 2 rings (SSSR count). The van der Waals surface area contributed by atoms with E-state index < -0.39 is 15.7 Å². The number of hydrogen-bond acceptors (Lipinski definition) is 5. The number of carbonyl (C=O) groups excluding carboxylic acids is 1. The molecule has 0 aliphatic rings. The number of thiophene rings is 1. The van der Waals surface area contributed by atoms with E-state index in [0.717, 1.165) is 9.75 Å². The Bertz CT molecular complexity index is 719. The lowest BCUT2D eigenvalue weighted by atomic mass is 10.2. The lowest BCUT2D eigenvalue weighted by Gasteiger charge is -2.02. The minimum Gasteiger partial charge on any atom is -0.293 e. The van der Waals surface area contributed by atoms with Gasteiger partial charge >= 0.3 is 0 Å². The fourth-order valence-electron chi connectivity index (χ4n) is 1.91. The fourth-order valence-corrected chi connectivity index (χ4v) is 3.85. The lowest BCUT2D eigenvalue weighted by Crippen LogP contribution is -2.11. The van der Waals surface area contributed by atoms with E-state index >= 15 is 0 Å². The molecule has 1 aromatic heterocycles. The molecule has 21 heavy (non-hydrogen) atoms. The number of non-ortho nitro benzene ring substituents is 1. The van der Waals surface area contributed by atoms with E-state index in [9.17, 15) is 19.1 Å². The van der Waals surface area contributed by atoms with Crippen LogP contribution >= 0.6 is 11.3 Å². The number of benzene rings is 1. The largest absolute Gasteiger partial charge is 0.293 e. The van der Waals surface area contributed by atoms with Gasteiger partial charge in [-0.05, 0) is 32.0 Å². The molecule has 0 N–H and O–H groups in total. The van der Waals surface area contributed by atoms with Gasteiger partial charge in [0, 0.05) is 32.3 Å². The zero-order chi connectivity index (χ0) is 15.6. The van der Waals surface area contributed by atoms with Gasteiger partial charge in [-0.25, -0.2) is 0 Å². The van der Waals surface area contributed by atoms with E-state index in [1.807, 2.05) is 13.8 Å². The second-order valence-electron chi connectivity index (χ2n) is 4.49. The highest BCUT2D eigenvalue weighted by atomic mass is 32.2. The van der Waals surface area contributed by atoms with Gasteiger partial charge in [0.05, 0.1) is 21.5 Å². The first-order valence-electron chi connectivity index (χ1n) is 6.11. The van der Waals surface area contributed by atoms with Crippen LogP contribution in [0.3, 0.4) is 0 Å². The van der Waals surface area contributed by atoms with E-state index in [1.165, 1.54) is 35.6 Å². The Morgan fingerprint density at radius 1 is 1.29 bits per heavy atom. The summed E-state index contributed by atoms with van der Waals surface area (Å²) < 4.78 is 12.2. The number of Topliss-reactive ketones (excluding diaryl/α,β-unsaturated/α-hetero) is 1. The molecule has 7 heteroatoms. The molecule has 0 saturated carbocycles. The third-order valence-corrected chi connectivity index (χ3v) is 5.20. The predicted molar refractivity (Wildman–Crippen MR) is 82.5 cm³/mol. The Labute approximate surface area is 128 Å². The van der Waals surface area contributed by atoms with Crippen molar-refractivity contribution in [1.29, 1.82) is 0 Å². The van der Waals surface area contributed by atoms with E-state index in [0.29, 0.717) is 10.5 Å². The summed E-state index contributed by atoms with van der Waals surface area (Å²) in [6.07, 6.45) is 0. The maximum Gasteiger partial charge on any atom is 0.269 e. The smallest absolute Gasteiger partial charge is 0.269 e. The highest BCUT2D eigenvalue weighted by Gasteiger charge is 2.16. The van der Waals surface area contributed by atoms with Crippen LogP contribution < -0.4 is 0 Å². The molecule has 0 amide bonds. The van der Waals surface area contributed by atoms with Crippen LogP contribution in [0.15, 0.2) is 35.2 Å². The van der Waals surface area contributed by atoms with Crippen molar-refractivity contribution in [2.45, 2.75) is 18.7 Å². The zero-order valence-electron chi connectivity index (χ0n) is 11.5. The van der Waals surface area contributed by atoms with Crippen molar-refractivity contribution in [3.63, 3.8) is 0 Å². The van der Waals surface area contributed by atoms with Gasteiger partial charge in [0.15, 0.2) is 5.78 Å². The highest BCUT2D eigenvalue weighted by molar-refractivity contribution is 7.85. The van der Waals surface area contributed by atoms with Gasteiger partial charge in [0.2, 0.25) is 0 Å². The second kappa shape index (κ2) is 6.28. The number of nitrogens with zero attached hydrogens (tertiary/aromatic N) is 1. The van der Waals surface area contributed by atoms with Crippen molar-refractivity contribution in [3.8, 4) is 0 Å². The molecule has 110 valence electrons. The standard InChI is InChI=1S/C14H13NO4S2/c1-9-7-13(10(2)20-9)14(16)8-21(19)12-5-3-11(4-6-12)15(17)18/h3-7H,8H2,1-2H3. The summed E-state index contributed by atoms with van der Waals surface area (Å²) in [5.74, 6) is -0.289. The van der Waals surface area contributed by atoms with Crippen molar-refractivity contribution in [2.24, 2.45) is 0 Å². The molecule has 0 radical (unpaired) electrons. The lowest BCUT2D eigenvalue weighted by molar-refractivity contribution is -0.384. The summed E-state index contributed by atoms with van der Waals surface area (Å²) in [6.45, 7) is 3.78. The number of nitro groups is 1. The zero-order valence-corrected chi connectivity index (χ0v) is 13.1. The van der Waals surface area contributed by atoms with Crippen molar-refractivity contribution in [2.75, 3.05) is 5.75 Å². The number of aryl methyl sites for hydroxylation is 2. The van der Waals surface area contributed by atoms with E-state index in [-0.39, 0.29) is 17.2 Å². The molecular weight excluding hydrogens is 310 g/mol. The fraction of sp³-hybridized carbons (Fsp3) is 0.214. The van der Waals surface area contributed by atoms with Crippen molar-refractivity contribution < 1.29 is 13.9 Å². The second-order valence-corrected chi connectivity index (χ2v) is 7.40. The van der Waals surface area contributed by atoms with Gasteiger partial charge < -0.3 is 0 Å². The molecule has 0 bridgehead atoms.